The van der Waals surface area contributed by atoms with E-state index in [2.05, 4.69) is 35.9 Å². The SMILES string of the molecule is CCNC(=NCc1ccc(N2CCCC2=O)cc1)NCC1(SC)CCOCC1.I. The average Bonchev–Trinajstić information content (AvgIpc) is 3.17. The number of amides is 1. The van der Waals surface area contributed by atoms with E-state index in [9.17, 15) is 4.79 Å². The molecule has 6 nitrogen and oxygen atoms in total. The van der Waals surface area contributed by atoms with Gasteiger partial charge >= 0.3 is 0 Å². The number of hydrogen-bond donors (Lipinski definition) is 2. The maximum atomic E-state index is 11.9. The van der Waals surface area contributed by atoms with Crippen molar-refractivity contribution in [1.29, 1.82) is 0 Å². The van der Waals surface area contributed by atoms with Gasteiger partial charge in [-0.25, -0.2) is 4.99 Å². The molecule has 162 valence electrons. The maximum absolute atomic E-state index is 11.9. The Labute approximate surface area is 195 Å². The first-order valence-corrected chi connectivity index (χ1v) is 11.4. The molecule has 0 saturated carbocycles. The molecule has 8 heteroatoms. The smallest absolute Gasteiger partial charge is 0.227 e. The molecule has 2 aliphatic rings. The van der Waals surface area contributed by atoms with E-state index < -0.39 is 0 Å². The van der Waals surface area contributed by atoms with Crippen molar-refractivity contribution in [2.24, 2.45) is 4.99 Å². The number of anilines is 1. The van der Waals surface area contributed by atoms with Gasteiger partial charge in [-0.05, 0) is 50.1 Å². The van der Waals surface area contributed by atoms with Crippen LogP contribution in [-0.2, 0) is 16.1 Å². The average molecular weight is 532 g/mol. The fourth-order valence-electron chi connectivity index (χ4n) is 3.66. The highest BCUT2D eigenvalue weighted by molar-refractivity contribution is 14.0. The molecule has 0 atom stereocenters. The third-order valence-electron chi connectivity index (χ3n) is 5.50. The molecule has 2 N–H and O–H groups in total. The molecular formula is C21H33IN4O2S. The minimum absolute atomic E-state index is 0. The van der Waals surface area contributed by atoms with Gasteiger partial charge in [-0.2, -0.15) is 11.8 Å². The zero-order valence-electron chi connectivity index (χ0n) is 17.4. The lowest BCUT2D eigenvalue weighted by Crippen LogP contribution is -2.47. The molecule has 2 aliphatic heterocycles. The van der Waals surface area contributed by atoms with Gasteiger partial charge < -0.3 is 20.3 Å². The van der Waals surface area contributed by atoms with Crippen molar-refractivity contribution in [3.05, 3.63) is 29.8 Å². The second-order valence-electron chi connectivity index (χ2n) is 7.36. The van der Waals surface area contributed by atoms with E-state index >= 15 is 0 Å². The molecule has 29 heavy (non-hydrogen) atoms. The number of hydrogen-bond acceptors (Lipinski definition) is 4. The Morgan fingerprint density at radius 1 is 1.24 bits per heavy atom. The van der Waals surface area contributed by atoms with Crippen LogP contribution < -0.4 is 15.5 Å². The van der Waals surface area contributed by atoms with E-state index in [0.29, 0.717) is 13.0 Å². The first-order valence-electron chi connectivity index (χ1n) is 10.2. The molecule has 0 aliphatic carbocycles. The highest BCUT2D eigenvalue weighted by Gasteiger charge is 2.31. The van der Waals surface area contributed by atoms with Gasteiger partial charge in [0.2, 0.25) is 5.91 Å². The van der Waals surface area contributed by atoms with Crippen molar-refractivity contribution in [2.75, 3.05) is 44.0 Å². The van der Waals surface area contributed by atoms with E-state index in [1.807, 2.05) is 28.8 Å². The molecule has 2 heterocycles. The first kappa shape index (κ1) is 24.3. The number of benzene rings is 1. The quantitative estimate of drug-likeness (QED) is 0.320. The molecule has 0 unspecified atom stereocenters. The van der Waals surface area contributed by atoms with E-state index in [-0.39, 0.29) is 34.6 Å². The lowest BCUT2D eigenvalue weighted by molar-refractivity contribution is -0.117. The van der Waals surface area contributed by atoms with Crippen molar-refractivity contribution < 1.29 is 9.53 Å². The van der Waals surface area contributed by atoms with Gasteiger partial charge in [0.05, 0.1) is 6.54 Å². The summed E-state index contributed by atoms with van der Waals surface area (Å²) < 4.78 is 5.75. The minimum Gasteiger partial charge on any atom is -0.381 e. The third kappa shape index (κ3) is 6.75. The Morgan fingerprint density at radius 3 is 2.55 bits per heavy atom. The summed E-state index contributed by atoms with van der Waals surface area (Å²) in [6, 6.07) is 8.18. The van der Waals surface area contributed by atoms with Crippen LogP contribution in [-0.4, -0.2) is 55.7 Å². The first-order chi connectivity index (χ1) is 13.7. The van der Waals surface area contributed by atoms with Crippen LogP contribution in [0.1, 0.15) is 38.2 Å². The molecule has 0 aromatic heterocycles. The summed E-state index contributed by atoms with van der Waals surface area (Å²) >= 11 is 1.92. The predicted octanol–water partition coefficient (Wildman–Crippen LogP) is 3.40. The summed E-state index contributed by atoms with van der Waals surface area (Å²) in [4.78, 5) is 18.5. The van der Waals surface area contributed by atoms with Crippen LogP contribution in [0.5, 0.6) is 0 Å². The van der Waals surface area contributed by atoms with Gasteiger partial charge in [0.15, 0.2) is 5.96 Å². The Bertz CT molecular complexity index is 678. The van der Waals surface area contributed by atoms with Crippen LogP contribution in [0.2, 0.25) is 0 Å². The molecule has 0 radical (unpaired) electrons. The van der Waals surface area contributed by atoms with Crippen molar-refractivity contribution in [3.63, 3.8) is 0 Å². The van der Waals surface area contributed by atoms with Crippen molar-refractivity contribution >= 4 is 53.3 Å². The number of halogens is 1. The number of nitrogens with zero attached hydrogens (tertiary/aromatic N) is 2. The molecule has 2 saturated heterocycles. The zero-order chi connectivity index (χ0) is 19.8. The van der Waals surface area contributed by atoms with Gasteiger partial charge in [0.25, 0.3) is 0 Å². The number of guanidine groups is 1. The van der Waals surface area contributed by atoms with E-state index in [1.54, 1.807) is 0 Å². The van der Waals surface area contributed by atoms with Crippen LogP contribution in [0.25, 0.3) is 0 Å². The normalized spacial score (nSPS) is 19.0. The monoisotopic (exact) mass is 532 g/mol. The van der Waals surface area contributed by atoms with Gasteiger partial charge in [0, 0.05) is 49.7 Å². The number of carbonyl (C=O) groups excluding carboxylic acids is 1. The van der Waals surface area contributed by atoms with Crippen LogP contribution in [0.4, 0.5) is 5.69 Å². The molecule has 1 amide bonds. The van der Waals surface area contributed by atoms with E-state index in [4.69, 9.17) is 9.73 Å². The molecule has 0 spiro atoms. The van der Waals surface area contributed by atoms with Gasteiger partial charge in [0.1, 0.15) is 0 Å². The number of ether oxygens (including phenoxy) is 1. The summed E-state index contributed by atoms with van der Waals surface area (Å²) in [5.74, 6) is 1.07. The summed E-state index contributed by atoms with van der Waals surface area (Å²) in [6.07, 6.45) is 5.93. The second kappa shape index (κ2) is 12.0. The number of nitrogens with one attached hydrogen (secondary N) is 2. The molecule has 3 rings (SSSR count). The van der Waals surface area contributed by atoms with Crippen LogP contribution in [0.15, 0.2) is 29.3 Å². The third-order valence-corrected chi connectivity index (χ3v) is 6.92. The summed E-state index contributed by atoms with van der Waals surface area (Å²) in [6.45, 7) is 6.91. The number of rotatable bonds is 7. The highest BCUT2D eigenvalue weighted by Crippen LogP contribution is 2.33. The van der Waals surface area contributed by atoms with Crippen molar-refractivity contribution in [1.82, 2.24) is 10.6 Å². The fourth-order valence-corrected chi connectivity index (χ4v) is 4.45. The largest absolute Gasteiger partial charge is 0.381 e. The Balaban J connectivity index is 0.00000300. The van der Waals surface area contributed by atoms with Gasteiger partial charge in [-0.1, -0.05) is 12.1 Å². The number of carbonyl (C=O) groups is 1. The van der Waals surface area contributed by atoms with Crippen molar-refractivity contribution in [3.8, 4) is 0 Å². The zero-order valence-corrected chi connectivity index (χ0v) is 20.6. The number of aliphatic imine (C=N–C) groups is 1. The summed E-state index contributed by atoms with van der Waals surface area (Å²) in [5, 5.41) is 6.87. The van der Waals surface area contributed by atoms with Gasteiger partial charge in [-0.3, -0.25) is 4.79 Å². The van der Waals surface area contributed by atoms with Crippen molar-refractivity contribution in [2.45, 2.75) is 43.9 Å². The number of thioether (sulfide) groups is 1. The van der Waals surface area contributed by atoms with Crippen LogP contribution in [0.3, 0.4) is 0 Å². The highest BCUT2D eigenvalue weighted by atomic mass is 127. The molecule has 1 aromatic rings. The van der Waals surface area contributed by atoms with Crippen LogP contribution in [0, 0.1) is 0 Å². The maximum Gasteiger partial charge on any atom is 0.227 e. The lowest BCUT2D eigenvalue weighted by Gasteiger charge is -2.36. The standard InChI is InChI=1S/C21H32N4O2S.HI/c1-3-22-20(24-16-21(28-2)10-13-27-14-11-21)23-15-17-6-8-18(9-7-17)25-12-4-5-19(25)26;/h6-9H,3-5,10-16H2,1-2H3,(H2,22,23,24);1H. The Kier molecular flexibility index (Phi) is 10.0. The van der Waals surface area contributed by atoms with E-state index in [0.717, 1.165) is 69.3 Å². The fraction of sp³-hybridized carbons (Fsp3) is 0.619. The molecular weight excluding hydrogens is 499 g/mol. The Morgan fingerprint density at radius 2 is 1.97 bits per heavy atom. The topological polar surface area (TPSA) is 66.0 Å². The summed E-state index contributed by atoms with van der Waals surface area (Å²) in [5.41, 5.74) is 2.12. The molecule has 1 aromatic carbocycles. The molecule has 2 fully saturated rings. The Hall–Kier alpha value is -1.00. The van der Waals surface area contributed by atoms with Gasteiger partial charge in [-0.15, -0.1) is 24.0 Å². The summed E-state index contributed by atoms with van der Waals surface area (Å²) in [7, 11) is 0. The molecule has 0 bridgehead atoms. The predicted molar refractivity (Wildman–Crippen MR) is 133 cm³/mol. The van der Waals surface area contributed by atoms with Crippen LogP contribution >= 0.6 is 35.7 Å². The minimum atomic E-state index is 0. The lowest BCUT2D eigenvalue weighted by atomic mass is 9.99. The second-order valence-corrected chi connectivity index (χ2v) is 8.64. The van der Waals surface area contributed by atoms with E-state index in [1.165, 1.54) is 0 Å².